The van der Waals surface area contributed by atoms with Crippen LogP contribution in [0.1, 0.15) is 24.1 Å². The molecule has 1 unspecified atom stereocenters. The van der Waals surface area contributed by atoms with Crippen LogP contribution in [0.4, 0.5) is 0 Å². The fraction of sp³-hybridized carbons (Fsp3) is 0.333. The number of benzene rings is 2. The third-order valence-electron chi connectivity index (χ3n) is 3.59. The molecule has 2 rings (SSSR count). The minimum absolute atomic E-state index is 0.261. The van der Waals surface area contributed by atoms with Crippen molar-refractivity contribution in [1.82, 2.24) is 5.32 Å². The molecule has 0 fully saturated rings. The van der Waals surface area contributed by atoms with Crippen molar-refractivity contribution in [3.8, 4) is 11.5 Å². The minimum atomic E-state index is 0.261. The summed E-state index contributed by atoms with van der Waals surface area (Å²) in [5.74, 6) is 1.82. The summed E-state index contributed by atoms with van der Waals surface area (Å²) >= 11 is 0. The van der Waals surface area contributed by atoms with Crippen molar-refractivity contribution in [2.45, 2.75) is 19.4 Å². The molecule has 0 saturated carbocycles. The lowest BCUT2D eigenvalue weighted by Crippen LogP contribution is -2.23. The standard InChI is InChI=1S/C18H23NO2/c1-4-19-17(14-9-11-16(20-2)12-10-14)13-15-7-5-6-8-18(15)21-3/h5-12,17,19H,4,13H2,1-3H3. The van der Waals surface area contributed by atoms with Crippen molar-refractivity contribution in [1.29, 1.82) is 0 Å². The van der Waals surface area contributed by atoms with E-state index in [1.807, 2.05) is 24.3 Å². The maximum absolute atomic E-state index is 5.45. The molecule has 1 N–H and O–H groups in total. The second-order valence-electron chi connectivity index (χ2n) is 4.90. The molecule has 112 valence electrons. The Kier molecular flexibility index (Phi) is 5.64. The van der Waals surface area contributed by atoms with E-state index >= 15 is 0 Å². The number of nitrogens with one attached hydrogen (secondary N) is 1. The summed E-state index contributed by atoms with van der Waals surface area (Å²) in [5.41, 5.74) is 2.46. The van der Waals surface area contributed by atoms with Crippen molar-refractivity contribution in [2.24, 2.45) is 0 Å². The summed E-state index contributed by atoms with van der Waals surface area (Å²) in [5, 5.41) is 3.54. The summed E-state index contributed by atoms with van der Waals surface area (Å²) in [6, 6.07) is 16.7. The number of likely N-dealkylation sites (N-methyl/N-ethyl adjacent to an activating group) is 1. The summed E-state index contributed by atoms with van der Waals surface area (Å²) in [4.78, 5) is 0. The molecule has 0 heterocycles. The molecule has 0 saturated heterocycles. The summed E-state index contributed by atoms with van der Waals surface area (Å²) < 4.78 is 10.7. The van der Waals surface area contributed by atoms with Gasteiger partial charge >= 0.3 is 0 Å². The molecule has 3 nitrogen and oxygen atoms in total. The van der Waals surface area contributed by atoms with Crippen molar-refractivity contribution in [2.75, 3.05) is 20.8 Å². The Bertz CT molecular complexity index is 551. The first kappa shape index (κ1) is 15.4. The van der Waals surface area contributed by atoms with E-state index in [2.05, 4.69) is 36.5 Å². The number of hydrogen-bond acceptors (Lipinski definition) is 3. The van der Waals surface area contributed by atoms with E-state index in [0.29, 0.717) is 0 Å². The number of rotatable bonds is 7. The molecular weight excluding hydrogens is 262 g/mol. The number of ether oxygens (including phenoxy) is 2. The number of hydrogen-bond donors (Lipinski definition) is 1. The molecule has 0 aliphatic rings. The van der Waals surface area contributed by atoms with Gasteiger partial charge in [-0.2, -0.15) is 0 Å². The number of methoxy groups -OCH3 is 2. The first-order valence-corrected chi connectivity index (χ1v) is 7.27. The Morgan fingerprint density at radius 2 is 1.67 bits per heavy atom. The molecule has 21 heavy (non-hydrogen) atoms. The molecule has 2 aromatic rings. The molecule has 0 aliphatic heterocycles. The SMILES string of the molecule is CCNC(Cc1ccccc1OC)c1ccc(OC)cc1. The Hall–Kier alpha value is -2.00. The molecule has 1 atom stereocenters. The van der Waals surface area contributed by atoms with E-state index in [4.69, 9.17) is 9.47 Å². The highest BCUT2D eigenvalue weighted by Gasteiger charge is 2.13. The first-order chi connectivity index (χ1) is 10.3. The van der Waals surface area contributed by atoms with E-state index in [9.17, 15) is 0 Å². The van der Waals surface area contributed by atoms with Gasteiger partial charge in [-0.15, -0.1) is 0 Å². The zero-order chi connectivity index (χ0) is 15.1. The van der Waals surface area contributed by atoms with Gasteiger partial charge in [0.1, 0.15) is 11.5 Å². The lowest BCUT2D eigenvalue weighted by atomic mass is 9.98. The van der Waals surface area contributed by atoms with E-state index in [-0.39, 0.29) is 6.04 Å². The molecule has 0 aromatic heterocycles. The predicted octanol–water partition coefficient (Wildman–Crippen LogP) is 3.60. The Balaban J connectivity index is 2.21. The molecule has 0 bridgehead atoms. The molecule has 0 aliphatic carbocycles. The van der Waals surface area contributed by atoms with Gasteiger partial charge in [0.2, 0.25) is 0 Å². The average molecular weight is 285 g/mol. The van der Waals surface area contributed by atoms with Gasteiger partial charge in [0.25, 0.3) is 0 Å². The minimum Gasteiger partial charge on any atom is -0.497 e. The second-order valence-corrected chi connectivity index (χ2v) is 4.90. The van der Waals surface area contributed by atoms with Gasteiger partial charge in [0.15, 0.2) is 0 Å². The summed E-state index contributed by atoms with van der Waals surface area (Å²) in [7, 11) is 3.40. The van der Waals surface area contributed by atoms with Crippen molar-refractivity contribution >= 4 is 0 Å². The van der Waals surface area contributed by atoms with E-state index in [0.717, 1.165) is 24.5 Å². The topological polar surface area (TPSA) is 30.5 Å². The quantitative estimate of drug-likeness (QED) is 0.843. The van der Waals surface area contributed by atoms with Crippen LogP contribution in [0.3, 0.4) is 0 Å². The smallest absolute Gasteiger partial charge is 0.122 e. The van der Waals surface area contributed by atoms with E-state index < -0.39 is 0 Å². The summed E-state index contributed by atoms with van der Waals surface area (Å²) in [6.07, 6.45) is 0.893. The molecule has 2 aromatic carbocycles. The van der Waals surface area contributed by atoms with Crippen molar-refractivity contribution < 1.29 is 9.47 Å². The van der Waals surface area contributed by atoms with Crippen LogP contribution >= 0.6 is 0 Å². The maximum atomic E-state index is 5.45. The Labute approximate surface area is 126 Å². The van der Waals surface area contributed by atoms with Crippen LogP contribution in [0, 0.1) is 0 Å². The zero-order valence-corrected chi connectivity index (χ0v) is 12.9. The molecule has 3 heteroatoms. The van der Waals surface area contributed by atoms with Gasteiger partial charge in [0, 0.05) is 6.04 Å². The highest BCUT2D eigenvalue weighted by Crippen LogP contribution is 2.26. The third kappa shape index (κ3) is 3.99. The van der Waals surface area contributed by atoms with Crippen LogP contribution in [0.2, 0.25) is 0 Å². The zero-order valence-electron chi connectivity index (χ0n) is 12.9. The van der Waals surface area contributed by atoms with Gasteiger partial charge in [-0.25, -0.2) is 0 Å². The fourth-order valence-corrected chi connectivity index (χ4v) is 2.48. The molecule has 0 spiro atoms. The van der Waals surface area contributed by atoms with E-state index in [1.165, 1.54) is 11.1 Å². The van der Waals surface area contributed by atoms with Gasteiger partial charge in [-0.3, -0.25) is 0 Å². The molecule has 0 radical (unpaired) electrons. The molecule has 0 amide bonds. The van der Waals surface area contributed by atoms with Crippen LogP contribution in [-0.4, -0.2) is 20.8 Å². The Morgan fingerprint density at radius 3 is 2.29 bits per heavy atom. The van der Waals surface area contributed by atoms with Gasteiger partial charge in [-0.05, 0) is 42.3 Å². The highest BCUT2D eigenvalue weighted by atomic mass is 16.5. The summed E-state index contributed by atoms with van der Waals surface area (Å²) in [6.45, 7) is 3.05. The largest absolute Gasteiger partial charge is 0.497 e. The maximum Gasteiger partial charge on any atom is 0.122 e. The lowest BCUT2D eigenvalue weighted by Gasteiger charge is -2.20. The highest BCUT2D eigenvalue weighted by molar-refractivity contribution is 5.36. The number of para-hydroxylation sites is 1. The van der Waals surface area contributed by atoms with Crippen LogP contribution in [0.5, 0.6) is 11.5 Å². The van der Waals surface area contributed by atoms with Crippen molar-refractivity contribution in [3.63, 3.8) is 0 Å². The van der Waals surface area contributed by atoms with Crippen molar-refractivity contribution in [3.05, 3.63) is 59.7 Å². The van der Waals surface area contributed by atoms with Crippen LogP contribution in [-0.2, 0) is 6.42 Å². The lowest BCUT2D eigenvalue weighted by molar-refractivity contribution is 0.405. The first-order valence-electron chi connectivity index (χ1n) is 7.27. The monoisotopic (exact) mass is 285 g/mol. The Morgan fingerprint density at radius 1 is 0.952 bits per heavy atom. The fourth-order valence-electron chi connectivity index (χ4n) is 2.48. The predicted molar refractivity (Wildman–Crippen MR) is 86.1 cm³/mol. The molecular formula is C18H23NO2. The van der Waals surface area contributed by atoms with Crippen LogP contribution in [0.25, 0.3) is 0 Å². The van der Waals surface area contributed by atoms with Gasteiger partial charge in [-0.1, -0.05) is 37.3 Å². The normalized spacial score (nSPS) is 12.0. The average Bonchev–Trinajstić information content (AvgIpc) is 2.55. The van der Waals surface area contributed by atoms with E-state index in [1.54, 1.807) is 14.2 Å². The third-order valence-corrected chi connectivity index (χ3v) is 3.59. The second kappa shape index (κ2) is 7.70. The van der Waals surface area contributed by atoms with Gasteiger partial charge in [0.05, 0.1) is 14.2 Å². The van der Waals surface area contributed by atoms with Crippen LogP contribution < -0.4 is 14.8 Å². The van der Waals surface area contributed by atoms with Crippen LogP contribution in [0.15, 0.2) is 48.5 Å². The van der Waals surface area contributed by atoms with Gasteiger partial charge < -0.3 is 14.8 Å².